The van der Waals surface area contributed by atoms with Gasteiger partial charge in [0.05, 0.1) is 37.5 Å². The standard InChI is InChI=1S/C33H32FN3O6/c1-4-42-32(39)27-22(19-10-8-12-21(16-19)41-3)17-25-28(30(27)38)26(20-11-9-15-36-18-20)29(33(40)43-5-2)31(35)37(25)24-14-7-6-13-23(24)34/h6-16,18,22,26-27H,4-5,17,35H2,1-3H3/t22-,26-,27-/m1/s1. The molecule has 0 radical (unpaired) electrons. The number of rotatable bonds is 8. The molecule has 9 nitrogen and oxygen atoms in total. The molecular formula is C33H32FN3O6. The number of ketones is 1. The van der Waals surface area contributed by atoms with Crippen LogP contribution in [0.15, 0.2) is 95.7 Å². The Kier molecular flexibility index (Phi) is 8.56. The minimum atomic E-state index is -1.25. The lowest BCUT2D eigenvalue weighted by Crippen LogP contribution is -2.46. The second kappa shape index (κ2) is 12.5. The summed E-state index contributed by atoms with van der Waals surface area (Å²) in [6.07, 6.45) is 3.19. The molecule has 2 aliphatic rings. The van der Waals surface area contributed by atoms with E-state index in [0.29, 0.717) is 22.6 Å². The van der Waals surface area contributed by atoms with E-state index < -0.39 is 41.3 Å². The summed E-state index contributed by atoms with van der Waals surface area (Å²) in [4.78, 5) is 47.5. The van der Waals surface area contributed by atoms with Crippen LogP contribution < -0.4 is 15.4 Å². The average molecular weight is 586 g/mol. The Bertz CT molecular complexity index is 1620. The average Bonchev–Trinajstić information content (AvgIpc) is 3.01. The summed E-state index contributed by atoms with van der Waals surface area (Å²) in [5.74, 6) is -5.16. The number of hydrogen-bond acceptors (Lipinski definition) is 9. The maximum atomic E-state index is 15.5. The van der Waals surface area contributed by atoms with Gasteiger partial charge in [0.15, 0.2) is 5.78 Å². The summed E-state index contributed by atoms with van der Waals surface area (Å²) in [6, 6.07) is 16.4. The van der Waals surface area contributed by atoms with Gasteiger partial charge in [-0.05, 0) is 61.7 Å². The Hall–Kier alpha value is -4.99. The lowest BCUT2D eigenvalue weighted by atomic mass is 9.67. The minimum Gasteiger partial charge on any atom is -0.497 e. The normalized spacial score (nSPS) is 20.0. The van der Waals surface area contributed by atoms with Gasteiger partial charge >= 0.3 is 11.9 Å². The van der Waals surface area contributed by atoms with E-state index in [0.717, 1.165) is 0 Å². The quantitative estimate of drug-likeness (QED) is 0.295. The topological polar surface area (TPSA) is 121 Å². The SMILES string of the molecule is CCOC(=O)C1=C(N)N(c2ccccc2F)C2=C(C(=O)[C@H](C(=O)OCC)[C@@H](c3cccc(OC)c3)C2)[C@H]1c1cccnc1. The molecule has 5 rings (SSSR count). The number of carbonyl (C=O) groups excluding carboxylic acids is 3. The predicted molar refractivity (Wildman–Crippen MR) is 156 cm³/mol. The maximum absolute atomic E-state index is 15.5. The molecule has 10 heteroatoms. The zero-order chi connectivity index (χ0) is 30.7. The van der Waals surface area contributed by atoms with Crippen molar-refractivity contribution in [1.29, 1.82) is 0 Å². The number of nitrogens with two attached hydrogens (primary N) is 1. The first kappa shape index (κ1) is 29.5. The molecule has 0 unspecified atom stereocenters. The molecule has 3 aromatic rings. The highest BCUT2D eigenvalue weighted by Crippen LogP contribution is 2.52. The number of esters is 2. The molecule has 222 valence electrons. The number of aromatic nitrogens is 1. The Morgan fingerprint density at radius 2 is 1.77 bits per heavy atom. The number of hydrogen-bond donors (Lipinski definition) is 1. The van der Waals surface area contributed by atoms with Crippen molar-refractivity contribution >= 4 is 23.4 Å². The van der Waals surface area contributed by atoms with Gasteiger partial charge in [0.25, 0.3) is 0 Å². The number of carbonyl (C=O) groups is 3. The third kappa shape index (κ3) is 5.36. The number of methoxy groups -OCH3 is 1. The first-order valence-electron chi connectivity index (χ1n) is 14.0. The van der Waals surface area contributed by atoms with E-state index >= 15 is 4.39 Å². The number of Topliss-reactive ketones (excluding diaryl/α,β-unsaturated/α-hetero) is 1. The van der Waals surface area contributed by atoms with E-state index in [4.69, 9.17) is 19.9 Å². The molecule has 0 bridgehead atoms. The van der Waals surface area contributed by atoms with Crippen LogP contribution in [0.25, 0.3) is 0 Å². The molecule has 0 saturated carbocycles. The number of allylic oxidation sites excluding steroid dienone is 2. The molecule has 0 amide bonds. The van der Waals surface area contributed by atoms with Gasteiger partial charge in [0, 0.05) is 29.6 Å². The fourth-order valence-electron chi connectivity index (χ4n) is 5.91. The molecule has 1 aromatic heterocycles. The summed E-state index contributed by atoms with van der Waals surface area (Å²) in [5.41, 5.74) is 8.41. The molecule has 2 N–H and O–H groups in total. The Morgan fingerprint density at radius 3 is 2.44 bits per heavy atom. The molecule has 3 atom stereocenters. The molecule has 2 heterocycles. The van der Waals surface area contributed by atoms with Crippen LogP contribution in [0, 0.1) is 11.7 Å². The zero-order valence-corrected chi connectivity index (χ0v) is 24.1. The zero-order valence-electron chi connectivity index (χ0n) is 24.1. The van der Waals surface area contributed by atoms with Crippen molar-refractivity contribution in [2.45, 2.75) is 32.1 Å². The number of halogens is 1. The molecule has 0 saturated heterocycles. The fraction of sp³-hybridized carbons (Fsp3) is 0.273. The van der Waals surface area contributed by atoms with Crippen LogP contribution >= 0.6 is 0 Å². The largest absolute Gasteiger partial charge is 0.497 e. The van der Waals surface area contributed by atoms with Crippen LogP contribution in [0.4, 0.5) is 10.1 Å². The Morgan fingerprint density at radius 1 is 1.02 bits per heavy atom. The highest BCUT2D eigenvalue weighted by Gasteiger charge is 2.51. The van der Waals surface area contributed by atoms with Crippen molar-refractivity contribution in [3.8, 4) is 5.75 Å². The summed E-state index contributed by atoms with van der Waals surface area (Å²) < 4.78 is 31.7. The smallest absolute Gasteiger partial charge is 0.338 e. The highest BCUT2D eigenvalue weighted by molar-refractivity contribution is 6.14. The van der Waals surface area contributed by atoms with Crippen LogP contribution in [0.1, 0.15) is 43.2 Å². The molecule has 1 aliphatic heterocycles. The number of para-hydroxylation sites is 1. The predicted octanol–water partition coefficient (Wildman–Crippen LogP) is 4.76. The van der Waals surface area contributed by atoms with Gasteiger partial charge in [0.2, 0.25) is 0 Å². The molecule has 0 fully saturated rings. The van der Waals surface area contributed by atoms with Crippen molar-refractivity contribution in [2.75, 3.05) is 25.2 Å². The summed E-state index contributed by atoms with van der Waals surface area (Å²) in [5, 5.41) is 0. The molecule has 2 aromatic carbocycles. The van der Waals surface area contributed by atoms with E-state index in [-0.39, 0.29) is 42.3 Å². The van der Waals surface area contributed by atoms with Crippen molar-refractivity contribution < 1.29 is 33.0 Å². The fourth-order valence-corrected chi connectivity index (χ4v) is 5.91. The molecule has 0 spiro atoms. The van der Waals surface area contributed by atoms with Crippen LogP contribution in [0.3, 0.4) is 0 Å². The van der Waals surface area contributed by atoms with Gasteiger partial charge < -0.3 is 19.9 Å². The number of nitrogens with zero attached hydrogens (tertiary/aromatic N) is 2. The number of pyridine rings is 1. The number of anilines is 1. The van der Waals surface area contributed by atoms with E-state index in [9.17, 15) is 14.4 Å². The number of benzene rings is 2. The van der Waals surface area contributed by atoms with Gasteiger partial charge in [-0.15, -0.1) is 0 Å². The van der Waals surface area contributed by atoms with Crippen LogP contribution in [0.2, 0.25) is 0 Å². The summed E-state index contributed by atoms with van der Waals surface area (Å²) in [7, 11) is 1.52. The second-order valence-corrected chi connectivity index (χ2v) is 10.1. The first-order valence-corrected chi connectivity index (χ1v) is 14.0. The van der Waals surface area contributed by atoms with Gasteiger partial charge in [0.1, 0.15) is 23.3 Å². The molecule has 43 heavy (non-hydrogen) atoms. The Labute approximate surface area is 248 Å². The van der Waals surface area contributed by atoms with Crippen molar-refractivity contribution in [3.05, 3.63) is 113 Å². The third-order valence-electron chi connectivity index (χ3n) is 7.71. The van der Waals surface area contributed by atoms with Crippen LogP contribution in [-0.2, 0) is 23.9 Å². The first-order chi connectivity index (χ1) is 20.8. The van der Waals surface area contributed by atoms with E-state index in [1.165, 1.54) is 36.4 Å². The van der Waals surface area contributed by atoms with E-state index in [1.54, 1.807) is 62.5 Å². The Balaban J connectivity index is 1.83. The maximum Gasteiger partial charge on any atom is 0.338 e. The van der Waals surface area contributed by atoms with Gasteiger partial charge in [-0.1, -0.05) is 30.3 Å². The van der Waals surface area contributed by atoms with Crippen molar-refractivity contribution in [1.82, 2.24) is 4.98 Å². The lowest BCUT2D eigenvalue weighted by Gasteiger charge is -2.44. The highest BCUT2D eigenvalue weighted by atomic mass is 19.1. The summed E-state index contributed by atoms with van der Waals surface area (Å²) in [6.45, 7) is 3.42. The van der Waals surface area contributed by atoms with Gasteiger partial charge in [-0.3, -0.25) is 19.5 Å². The monoisotopic (exact) mass is 585 g/mol. The summed E-state index contributed by atoms with van der Waals surface area (Å²) >= 11 is 0. The van der Waals surface area contributed by atoms with Gasteiger partial charge in [-0.25, -0.2) is 9.18 Å². The van der Waals surface area contributed by atoms with Crippen LogP contribution in [0.5, 0.6) is 5.75 Å². The van der Waals surface area contributed by atoms with Gasteiger partial charge in [-0.2, -0.15) is 0 Å². The third-order valence-corrected chi connectivity index (χ3v) is 7.71. The second-order valence-electron chi connectivity index (χ2n) is 10.1. The van der Waals surface area contributed by atoms with E-state index in [1.807, 2.05) is 0 Å². The van der Waals surface area contributed by atoms with Crippen molar-refractivity contribution in [2.24, 2.45) is 11.7 Å². The molecular weight excluding hydrogens is 553 g/mol. The van der Waals surface area contributed by atoms with E-state index in [2.05, 4.69) is 4.98 Å². The minimum absolute atomic E-state index is 0.0400. The molecule has 1 aliphatic carbocycles. The number of ether oxygens (including phenoxy) is 3. The van der Waals surface area contributed by atoms with Crippen LogP contribution in [-0.4, -0.2) is 43.0 Å². The van der Waals surface area contributed by atoms with Crippen molar-refractivity contribution in [3.63, 3.8) is 0 Å². The lowest BCUT2D eigenvalue weighted by molar-refractivity contribution is -0.152.